The summed E-state index contributed by atoms with van der Waals surface area (Å²) in [6.07, 6.45) is 8.18. The Hall–Kier alpha value is -1.17. The zero-order chi connectivity index (χ0) is 19.2. The van der Waals surface area contributed by atoms with Crippen molar-refractivity contribution in [1.82, 2.24) is 15.2 Å². The number of nitrogens with zero attached hydrogens (tertiary/aromatic N) is 2. The first kappa shape index (κ1) is 27.9. The molecular weight excluding hydrogens is 453 g/mol. The number of piperidine rings is 1. The van der Waals surface area contributed by atoms with E-state index in [1.807, 2.05) is 12.3 Å². The van der Waals surface area contributed by atoms with Crippen LogP contribution in [0.1, 0.15) is 54.0 Å². The lowest BCUT2D eigenvalue weighted by Crippen LogP contribution is -2.39. The van der Waals surface area contributed by atoms with Crippen LogP contribution in [0.3, 0.4) is 0 Å². The molecule has 0 spiro atoms. The maximum atomic E-state index is 11.0. The minimum absolute atomic E-state index is 0. The largest absolute Gasteiger partial charge is 0.313 e. The monoisotopic (exact) mass is 485 g/mol. The van der Waals surface area contributed by atoms with Crippen LogP contribution in [0.2, 0.25) is 0 Å². The summed E-state index contributed by atoms with van der Waals surface area (Å²) >= 11 is 0. The highest BCUT2D eigenvalue weighted by Gasteiger charge is 2.30. The van der Waals surface area contributed by atoms with Gasteiger partial charge in [0, 0.05) is 32.3 Å². The van der Waals surface area contributed by atoms with E-state index in [4.69, 9.17) is 0 Å². The Morgan fingerprint density at radius 1 is 1.13 bits per heavy atom. The fourth-order valence-electron chi connectivity index (χ4n) is 4.85. The molecule has 7 heteroatoms. The molecule has 2 aromatic rings. The molecule has 2 aliphatic heterocycles. The molecule has 0 amide bonds. The first-order valence-corrected chi connectivity index (χ1v) is 10.7. The minimum Gasteiger partial charge on any atom is -0.313 e. The van der Waals surface area contributed by atoms with Crippen molar-refractivity contribution in [2.75, 3.05) is 19.6 Å². The van der Waals surface area contributed by atoms with Crippen molar-refractivity contribution in [3.63, 3.8) is 0 Å². The van der Waals surface area contributed by atoms with Gasteiger partial charge in [0.1, 0.15) is 6.29 Å². The molecule has 2 aliphatic rings. The van der Waals surface area contributed by atoms with Crippen molar-refractivity contribution in [2.24, 2.45) is 5.92 Å². The standard InChI is InChI=1S/C24H31N3O.3ClH/c28-14-4-6-20-10-13-27(17-23-7-1-2-12-26-23)18-24(20)21-9-8-19-5-3-11-25-16-22(19)15-21;;;/h1-2,7-9,12,14-15,20,24-25H,3-6,10-11,13,16-18H2;3*1H. The van der Waals surface area contributed by atoms with Crippen LogP contribution in [-0.4, -0.2) is 35.8 Å². The van der Waals surface area contributed by atoms with Gasteiger partial charge in [0.25, 0.3) is 0 Å². The lowest BCUT2D eigenvalue weighted by Gasteiger charge is -2.39. The second-order valence-corrected chi connectivity index (χ2v) is 8.26. The first-order chi connectivity index (χ1) is 13.8. The molecule has 1 fully saturated rings. The van der Waals surface area contributed by atoms with E-state index in [-0.39, 0.29) is 37.2 Å². The number of rotatable bonds is 6. The Morgan fingerprint density at radius 3 is 2.77 bits per heavy atom. The third kappa shape index (κ3) is 7.44. The van der Waals surface area contributed by atoms with Crippen LogP contribution in [-0.2, 0) is 24.3 Å². The summed E-state index contributed by atoms with van der Waals surface area (Å²) in [6, 6.07) is 13.3. The summed E-state index contributed by atoms with van der Waals surface area (Å²) in [7, 11) is 0. The Labute approximate surface area is 204 Å². The van der Waals surface area contributed by atoms with Crippen LogP contribution < -0.4 is 5.32 Å². The SMILES string of the molecule is Cl.Cl.Cl.O=CCCC1CCN(Cc2ccccn2)CC1c1ccc2c(c1)CNCCC2. The Morgan fingerprint density at radius 2 is 2.00 bits per heavy atom. The van der Waals surface area contributed by atoms with E-state index in [0.717, 1.165) is 57.5 Å². The number of pyridine rings is 1. The van der Waals surface area contributed by atoms with Gasteiger partial charge in [0.2, 0.25) is 0 Å². The number of fused-ring (bicyclic) bond motifs is 1. The van der Waals surface area contributed by atoms with E-state index < -0.39 is 0 Å². The van der Waals surface area contributed by atoms with Crippen LogP contribution in [0.4, 0.5) is 0 Å². The van der Waals surface area contributed by atoms with Gasteiger partial charge in [0.15, 0.2) is 0 Å². The molecule has 1 aromatic heterocycles. The highest BCUT2D eigenvalue weighted by molar-refractivity contribution is 5.86. The number of halogens is 3. The number of hydrogen-bond donors (Lipinski definition) is 1. The molecule has 1 aromatic carbocycles. The third-order valence-corrected chi connectivity index (χ3v) is 6.38. The number of likely N-dealkylation sites (tertiary alicyclic amines) is 1. The number of carbonyl (C=O) groups is 1. The highest BCUT2D eigenvalue weighted by Crippen LogP contribution is 2.36. The zero-order valence-electron chi connectivity index (χ0n) is 17.9. The van der Waals surface area contributed by atoms with E-state index >= 15 is 0 Å². The topological polar surface area (TPSA) is 45.2 Å². The van der Waals surface area contributed by atoms with Gasteiger partial charge in [-0.3, -0.25) is 9.88 Å². The summed E-state index contributed by atoms with van der Waals surface area (Å²) in [5.74, 6) is 1.08. The molecular formula is C24H34Cl3N3O. The van der Waals surface area contributed by atoms with Gasteiger partial charge in [-0.1, -0.05) is 24.3 Å². The molecule has 0 saturated carbocycles. The molecule has 1 saturated heterocycles. The summed E-state index contributed by atoms with van der Waals surface area (Å²) in [5, 5.41) is 3.56. The number of aryl methyl sites for hydroxylation is 1. The average molecular weight is 487 g/mol. The molecule has 0 bridgehead atoms. The third-order valence-electron chi connectivity index (χ3n) is 6.38. The van der Waals surface area contributed by atoms with Crippen molar-refractivity contribution < 1.29 is 4.79 Å². The Kier molecular flexibility index (Phi) is 12.7. The summed E-state index contributed by atoms with van der Waals surface area (Å²) in [5.41, 5.74) is 5.55. The predicted octanol–water partition coefficient (Wildman–Crippen LogP) is 4.97. The van der Waals surface area contributed by atoms with Gasteiger partial charge in [-0.25, -0.2) is 0 Å². The van der Waals surface area contributed by atoms with Gasteiger partial charge < -0.3 is 10.1 Å². The predicted molar refractivity (Wildman–Crippen MR) is 134 cm³/mol. The van der Waals surface area contributed by atoms with E-state index in [9.17, 15) is 4.79 Å². The molecule has 2 atom stereocenters. The molecule has 172 valence electrons. The molecule has 4 rings (SSSR count). The summed E-state index contributed by atoms with van der Waals surface area (Å²) in [6.45, 7) is 5.12. The minimum atomic E-state index is 0. The van der Waals surface area contributed by atoms with E-state index in [1.165, 1.54) is 29.5 Å². The van der Waals surface area contributed by atoms with Gasteiger partial charge in [-0.05, 0) is 79.4 Å². The zero-order valence-corrected chi connectivity index (χ0v) is 20.3. The van der Waals surface area contributed by atoms with Crippen molar-refractivity contribution >= 4 is 43.5 Å². The number of nitrogens with one attached hydrogen (secondary N) is 1. The lowest BCUT2D eigenvalue weighted by atomic mass is 9.77. The molecule has 2 unspecified atom stereocenters. The molecule has 4 nitrogen and oxygen atoms in total. The molecule has 1 N–H and O–H groups in total. The number of aldehydes is 1. The van der Waals surface area contributed by atoms with Crippen LogP contribution >= 0.6 is 37.2 Å². The van der Waals surface area contributed by atoms with Crippen molar-refractivity contribution in [3.8, 4) is 0 Å². The normalized spacial score (nSPS) is 20.8. The maximum Gasteiger partial charge on any atom is 0.120 e. The summed E-state index contributed by atoms with van der Waals surface area (Å²) < 4.78 is 0. The first-order valence-electron chi connectivity index (χ1n) is 10.7. The van der Waals surface area contributed by atoms with E-state index in [2.05, 4.69) is 45.5 Å². The fourth-order valence-corrected chi connectivity index (χ4v) is 4.85. The number of aromatic nitrogens is 1. The van der Waals surface area contributed by atoms with Gasteiger partial charge in [0.05, 0.1) is 5.69 Å². The average Bonchev–Trinajstić information content (AvgIpc) is 2.98. The van der Waals surface area contributed by atoms with Crippen molar-refractivity contribution in [2.45, 2.75) is 51.1 Å². The van der Waals surface area contributed by atoms with Gasteiger partial charge in [-0.2, -0.15) is 0 Å². The maximum absolute atomic E-state index is 11.0. The van der Waals surface area contributed by atoms with Crippen LogP contribution in [0.5, 0.6) is 0 Å². The molecule has 3 heterocycles. The second kappa shape index (κ2) is 14.1. The quantitative estimate of drug-likeness (QED) is 0.586. The number of carbonyl (C=O) groups excluding carboxylic acids is 1. The number of benzene rings is 1. The van der Waals surface area contributed by atoms with E-state index in [0.29, 0.717) is 18.3 Å². The van der Waals surface area contributed by atoms with Crippen LogP contribution in [0, 0.1) is 5.92 Å². The fraction of sp³-hybridized carbons (Fsp3) is 0.500. The van der Waals surface area contributed by atoms with Crippen molar-refractivity contribution in [3.05, 3.63) is 65.0 Å². The number of hydrogen-bond acceptors (Lipinski definition) is 4. The van der Waals surface area contributed by atoms with Crippen LogP contribution in [0.15, 0.2) is 42.6 Å². The molecule has 31 heavy (non-hydrogen) atoms. The van der Waals surface area contributed by atoms with E-state index in [1.54, 1.807) is 0 Å². The second-order valence-electron chi connectivity index (χ2n) is 8.26. The van der Waals surface area contributed by atoms with Gasteiger partial charge in [-0.15, -0.1) is 37.2 Å². The lowest BCUT2D eigenvalue weighted by molar-refractivity contribution is -0.108. The molecule has 0 aliphatic carbocycles. The molecule has 0 radical (unpaired) electrons. The van der Waals surface area contributed by atoms with Crippen LogP contribution in [0.25, 0.3) is 0 Å². The highest BCUT2D eigenvalue weighted by atomic mass is 35.5. The Balaban J connectivity index is 0.00000160. The summed E-state index contributed by atoms with van der Waals surface area (Å²) in [4.78, 5) is 18.0. The smallest absolute Gasteiger partial charge is 0.120 e. The van der Waals surface area contributed by atoms with Crippen molar-refractivity contribution in [1.29, 1.82) is 0 Å². The Bertz CT molecular complexity index is 791. The van der Waals surface area contributed by atoms with Gasteiger partial charge >= 0.3 is 0 Å².